The standard InChI is InChI=1S/C20H24O4/c1-5-6-9-14(20(21)22)12-17-13(2)18(23-3)15-10-7-8-11-16(15)19(17)24-4/h7-8,10-12H,5-6,9H2,1-4H3,(H,21,22). The number of carbonyl (C=O) groups is 1. The van der Waals surface area contributed by atoms with Crippen LogP contribution in [0, 0.1) is 6.92 Å². The summed E-state index contributed by atoms with van der Waals surface area (Å²) >= 11 is 0. The van der Waals surface area contributed by atoms with Gasteiger partial charge >= 0.3 is 5.97 Å². The monoisotopic (exact) mass is 328 g/mol. The molecule has 0 atom stereocenters. The molecule has 1 N–H and O–H groups in total. The smallest absolute Gasteiger partial charge is 0.331 e. The molecule has 0 spiro atoms. The summed E-state index contributed by atoms with van der Waals surface area (Å²) in [6.45, 7) is 3.98. The van der Waals surface area contributed by atoms with Gasteiger partial charge in [0.15, 0.2) is 0 Å². The van der Waals surface area contributed by atoms with Crippen molar-refractivity contribution in [1.82, 2.24) is 0 Å². The highest BCUT2D eigenvalue weighted by molar-refractivity contribution is 6.00. The van der Waals surface area contributed by atoms with Crippen LogP contribution in [0.3, 0.4) is 0 Å². The molecule has 128 valence electrons. The van der Waals surface area contributed by atoms with E-state index in [1.807, 2.05) is 38.1 Å². The Morgan fingerprint density at radius 1 is 1.12 bits per heavy atom. The van der Waals surface area contributed by atoms with Gasteiger partial charge in [-0.25, -0.2) is 4.79 Å². The molecule has 0 radical (unpaired) electrons. The fourth-order valence-corrected chi connectivity index (χ4v) is 2.96. The highest BCUT2D eigenvalue weighted by atomic mass is 16.5. The van der Waals surface area contributed by atoms with E-state index in [-0.39, 0.29) is 0 Å². The van der Waals surface area contributed by atoms with Gasteiger partial charge < -0.3 is 14.6 Å². The Bertz CT molecular complexity index is 775. The third-order valence-electron chi connectivity index (χ3n) is 4.21. The van der Waals surface area contributed by atoms with Crippen LogP contribution in [-0.4, -0.2) is 25.3 Å². The predicted octanol–water partition coefficient (Wildman–Crippen LogP) is 4.82. The molecule has 0 amide bonds. The molecule has 24 heavy (non-hydrogen) atoms. The minimum Gasteiger partial charge on any atom is -0.496 e. The highest BCUT2D eigenvalue weighted by Crippen LogP contribution is 2.41. The van der Waals surface area contributed by atoms with Crippen molar-refractivity contribution in [2.45, 2.75) is 33.1 Å². The maximum absolute atomic E-state index is 11.6. The van der Waals surface area contributed by atoms with Crippen LogP contribution in [-0.2, 0) is 4.79 Å². The molecule has 2 aromatic carbocycles. The minimum absolute atomic E-state index is 0.385. The van der Waals surface area contributed by atoms with Crippen LogP contribution in [0.4, 0.5) is 0 Å². The van der Waals surface area contributed by atoms with Gasteiger partial charge in [-0.15, -0.1) is 0 Å². The maximum Gasteiger partial charge on any atom is 0.331 e. The Morgan fingerprint density at radius 2 is 1.71 bits per heavy atom. The fraction of sp³-hybridized carbons (Fsp3) is 0.350. The number of methoxy groups -OCH3 is 2. The van der Waals surface area contributed by atoms with E-state index >= 15 is 0 Å². The average molecular weight is 328 g/mol. The van der Waals surface area contributed by atoms with Crippen molar-refractivity contribution in [2.24, 2.45) is 0 Å². The van der Waals surface area contributed by atoms with E-state index in [0.29, 0.717) is 17.7 Å². The number of aliphatic carboxylic acids is 1. The topological polar surface area (TPSA) is 55.8 Å². The summed E-state index contributed by atoms with van der Waals surface area (Å²) in [5.41, 5.74) is 2.03. The molecule has 0 saturated carbocycles. The maximum atomic E-state index is 11.6. The Hall–Kier alpha value is -2.49. The van der Waals surface area contributed by atoms with Crippen molar-refractivity contribution in [3.8, 4) is 11.5 Å². The molecule has 0 bridgehead atoms. The van der Waals surface area contributed by atoms with Crippen LogP contribution in [0.5, 0.6) is 11.5 Å². The van der Waals surface area contributed by atoms with E-state index in [4.69, 9.17) is 9.47 Å². The summed E-state index contributed by atoms with van der Waals surface area (Å²) in [6, 6.07) is 7.82. The fourth-order valence-electron chi connectivity index (χ4n) is 2.96. The zero-order valence-corrected chi connectivity index (χ0v) is 14.7. The largest absolute Gasteiger partial charge is 0.496 e. The molecule has 0 aliphatic rings. The SMILES string of the molecule is CCCCC(=Cc1c(C)c(OC)c2ccccc2c1OC)C(=O)O. The first-order valence-electron chi connectivity index (χ1n) is 8.12. The van der Waals surface area contributed by atoms with Crippen LogP contribution in [0.2, 0.25) is 0 Å². The van der Waals surface area contributed by atoms with Crippen molar-refractivity contribution < 1.29 is 19.4 Å². The van der Waals surface area contributed by atoms with E-state index in [1.165, 1.54) is 0 Å². The van der Waals surface area contributed by atoms with Gasteiger partial charge in [0, 0.05) is 27.5 Å². The van der Waals surface area contributed by atoms with Crippen LogP contribution in [0.15, 0.2) is 29.8 Å². The van der Waals surface area contributed by atoms with Gasteiger partial charge in [0.25, 0.3) is 0 Å². The predicted molar refractivity (Wildman–Crippen MR) is 96.9 cm³/mol. The van der Waals surface area contributed by atoms with Crippen molar-refractivity contribution in [2.75, 3.05) is 14.2 Å². The van der Waals surface area contributed by atoms with Crippen LogP contribution < -0.4 is 9.47 Å². The Balaban J connectivity index is 2.77. The summed E-state index contributed by atoms with van der Waals surface area (Å²) < 4.78 is 11.2. The molecule has 0 aromatic heterocycles. The average Bonchev–Trinajstić information content (AvgIpc) is 2.58. The second-order valence-electron chi connectivity index (χ2n) is 5.73. The minimum atomic E-state index is -0.892. The summed E-state index contributed by atoms with van der Waals surface area (Å²) in [6.07, 6.45) is 4.04. The summed E-state index contributed by atoms with van der Waals surface area (Å²) in [5, 5.41) is 11.4. The van der Waals surface area contributed by atoms with E-state index < -0.39 is 5.97 Å². The van der Waals surface area contributed by atoms with E-state index in [9.17, 15) is 9.90 Å². The second-order valence-corrected chi connectivity index (χ2v) is 5.73. The number of carboxylic acids is 1. The molecule has 4 heteroatoms. The number of rotatable bonds is 7. The van der Waals surface area contributed by atoms with Crippen LogP contribution in [0.25, 0.3) is 16.8 Å². The van der Waals surface area contributed by atoms with E-state index in [0.717, 1.165) is 40.5 Å². The zero-order valence-electron chi connectivity index (χ0n) is 14.7. The molecule has 0 aliphatic heterocycles. The Labute approximate surface area is 142 Å². The molecule has 0 unspecified atom stereocenters. The number of benzene rings is 2. The van der Waals surface area contributed by atoms with Gasteiger partial charge in [-0.3, -0.25) is 0 Å². The molecule has 2 aromatic rings. The summed E-state index contributed by atoms with van der Waals surface area (Å²) in [7, 11) is 3.24. The normalized spacial score (nSPS) is 11.6. The number of ether oxygens (including phenoxy) is 2. The molecule has 0 fully saturated rings. The lowest BCUT2D eigenvalue weighted by Gasteiger charge is -2.17. The van der Waals surface area contributed by atoms with Crippen molar-refractivity contribution in [3.63, 3.8) is 0 Å². The Morgan fingerprint density at radius 3 is 2.21 bits per heavy atom. The Kier molecular flexibility index (Phi) is 5.85. The van der Waals surface area contributed by atoms with E-state index in [2.05, 4.69) is 0 Å². The first-order valence-corrected chi connectivity index (χ1v) is 8.12. The first-order chi connectivity index (χ1) is 11.5. The number of unbranched alkanes of at least 4 members (excludes halogenated alkanes) is 1. The van der Waals surface area contributed by atoms with Crippen molar-refractivity contribution in [1.29, 1.82) is 0 Å². The van der Waals surface area contributed by atoms with Gasteiger partial charge in [0.1, 0.15) is 11.5 Å². The molecule has 2 rings (SSSR count). The zero-order chi connectivity index (χ0) is 17.7. The first kappa shape index (κ1) is 17.9. The lowest BCUT2D eigenvalue weighted by atomic mass is 9.95. The van der Waals surface area contributed by atoms with Gasteiger partial charge in [0.2, 0.25) is 0 Å². The van der Waals surface area contributed by atoms with Gasteiger partial charge in [-0.1, -0.05) is 37.6 Å². The molecular formula is C20H24O4. The second kappa shape index (κ2) is 7.86. The number of hydrogen-bond acceptors (Lipinski definition) is 3. The van der Waals surface area contributed by atoms with E-state index in [1.54, 1.807) is 20.3 Å². The number of hydrogen-bond donors (Lipinski definition) is 1. The van der Waals surface area contributed by atoms with Crippen molar-refractivity contribution >= 4 is 22.8 Å². The van der Waals surface area contributed by atoms with Gasteiger partial charge in [-0.2, -0.15) is 0 Å². The highest BCUT2D eigenvalue weighted by Gasteiger charge is 2.18. The summed E-state index contributed by atoms with van der Waals surface area (Å²) in [4.78, 5) is 11.6. The third-order valence-corrected chi connectivity index (χ3v) is 4.21. The number of fused-ring (bicyclic) bond motifs is 1. The quantitative estimate of drug-likeness (QED) is 0.740. The van der Waals surface area contributed by atoms with Crippen molar-refractivity contribution in [3.05, 3.63) is 41.0 Å². The third kappa shape index (κ3) is 3.37. The lowest BCUT2D eigenvalue weighted by Crippen LogP contribution is -2.03. The lowest BCUT2D eigenvalue weighted by molar-refractivity contribution is -0.132. The van der Waals surface area contributed by atoms with Gasteiger partial charge in [-0.05, 0) is 25.8 Å². The molecular weight excluding hydrogens is 304 g/mol. The molecule has 4 nitrogen and oxygen atoms in total. The summed E-state index contributed by atoms with van der Waals surface area (Å²) in [5.74, 6) is 0.536. The molecule has 0 heterocycles. The molecule has 0 aliphatic carbocycles. The van der Waals surface area contributed by atoms with Gasteiger partial charge in [0.05, 0.1) is 14.2 Å². The molecule has 0 saturated heterocycles. The number of carboxylic acid groups (broad SMARTS) is 1. The van der Waals surface area contributed by atoms with Crippen LogP contribution in [0.1, 0.15) is 37.3 Å². The van der Waals surface area contributed by atoms with Crippen LogP contribution >= 0.6 is 0 Å².